The van der Waals surface area contributed by atoms with Crippen LogP contribution >= 0.6 is 15.9 Å². The maximum Gasteiger partial charge on any atom is 0.261 e. The molecule has 10 nitrogen and oxygen atoms in total. The number of nitrogens with zero attached hydrogens (tertiary/aromatic N) is 2. The minimum Gasteiger partial charge on any atom is -0.490 e. The Hall–Kier alpha value is -3.67. The van der Waals surface area contributed by atoms with E-state index in [0.717, 1.165) is 41.5 Å². The maximum atomic E-state index is 13.2. The van der Waals surface area contributed by atoms with Crippen LogP contribution in [0.4, 0.5) is 5.69 Å². The fourth-order valence-corrected chi connectivity index (χ4v) is 5.67. The van der Waals surface area contributed by atoms with Crippen LogP contribution in [0.25, 0.3) is 22.4 Å². The molecule has 6 rings (SSSR count). The van der Waals surface area contributed by atoms with Gasteiger partial charge in [-0.2, -0.15) is 0 Å². The molecule has 2 aliphatic heterocycles. The quantitative estimate of drug-likeness (QED) is 0.212. The Bertz CT molecular complexity index is 1580. The van der Waals surface area contributed by atoms with Gasteiger partial charge < -0.3 is 35.3 Å². The molecule has 2 aliphatic rings. The number of carbonyl (C=O) groups is 1. The lowest BCUT2D eigenvalue weighted by Gasteiger charge is -2.31. The van der Waals surface area contributed by atoms with Crippen LogP contribution in [0.5, 0.6) is 5.75 Å². The number of aliphatic hydroxyl groups excluding tert-OH is 1. The van der Waals surface area contributed by atoms with E-state index in [1.165, 1.54) is 0 Å². The lowest BCUT2D eigenvalue weighted by atomic mass is 10.1. The fraction of sp³-hybridized carbons (Fsp3) is 0.321. The number of imidazole rings is 1. The number of anilines is 1. The number of pyridine rings is 1. The van der Waals surface area contributed by atoms with E-state index >= 15 is 0 Å². The number of hydrogen-bond donors (Lipinski definition) is 5. The highest BCUT2D eigenvalue weighted by Gasteiger charge is 2.34. The Morgan fingerprint density at radius 3 is 2.82 bits per heavy atom. The number of piperidine rings is 1. The number of benzene rings is 2. The number of nitrogens with one attached hydrogen (secondary N) is 4. The van der Waals surface area contributed by atoms with Gasteiger partial charge in [0, 0.05) is 30.9 Å². The van der Waals surface area contributed by atoms with Crippen LogP contribution in [0, 0.1) is 0 Å². The molecule has 1 fully saturated rings. The van der Waals surface area contributed by atoms with Gasteiger partial charge in [0.1, 0.15) is 29.8 Å². The van der Waals surface area contributed by atoms with E-state index in [0.29, 0.717) is 40.4 Å². The molecule has 0 aliphatic carbocycles. The van der Waals surface area contributed by atoms with Crippen molar-refractivity contribution < 1.29 is 14.6 Å². The summed E-state index contributed by atoms with van der Waals surface area (Å²) in [6.45, 7) is 2.67. The van der Waals surface area contributed by atoms with Crippen molar-refractivity contribution in [3.05, 3.63) is 74.6 Å². The van der Waals surface area contributed by atoms with Crippen molar-refractivity contribution in [3.8, 4) is 17.1 Å². The molecule has 2 aromatic carbocycles. The predicted octanol–water partition coefficient (Wildman–Crippen LogP) is 3.24. The highest BCUT2D eigenvalue weighted by molar-refractivity contribution is 9.10. The SMILES string of the molecule is O=C1c2cc3nc(-c4c(NC[C@@H](O)COc5ccccc5Br)cc[nH]c4=O)[nH]c3cc2CN1C1CCNCC1. The van der Waals surface area contributed by atoms with Gasteiger partial charge in [-0.15, -0.1) is 0 Å². The average molecular weight is 593 g/mol. The van der Waals surface area contributed by atoms with Crippen LogP contribution in [-0.2, 0) is 6.54 Å². The number of H-pyrrole nitrogens is 2. The summed E-state index contributed by atoms with van der Waals surface area (Å²) in [5, 5.41) is 17.0. The standard InChI is InChI=1S/C28H29BrN6O4/c29-20-3-1-2-4-24(20)39-15-18(36)13-32-21-7-10-31-27(37)25(21)26-33-22-11-16-14-35(17-5-8-30-9-6-17)28(38)19(16)12-23(22)34-26/h1-4,7,10-12,17-18,30,36H,5-6,8-9,13-15H2,(H,33,34)(H2,31,32,37)/t18-/m1/s1. The number of para-hydroxylation sites is 1. The number of aliphatic hydroxyl groups is 1. The number of carbonyl (C=O) groups excluding carboxylic acids is 1. The third-order valence-corrected chi connectivity index (χ3v) is 7.94. The summed E-state index contributed by atoms with van der Waals surface area (Å²) in [7, 11) is 0. The maximum absolute atomic E-state index is 13.2. The Morgan fingerprint density at radius 2 is 2.00 bits per heavy atom. The van der Waals surface area contributed by atoms with E-state index in [2.05, 4.69) is 41.5 Å². The van der Waals surface area contributed by atoms with Crippen molar-refractivity contribution in [2.75, 3.05) is 31.6 Å². The number of fused-ring (bicyclic) bond motifs is 2. The molecule has 0 spiro atoms. The normalized spacial score (nSPS) is 16.5. The molecule has 5 N–H and O–H groups in total. The van der Waals surface area contributed by atoms with Crippen LogP contribution in [-0.4, -0.2) is 69.3 Å². The molecule has 1 amide bonds. The smallest absolute Gasteiger partial charge is 0.261 e. The molecule has 2 aromatic heterocycles. The van der Waals surface area contributed by atoms with Crippen LogP contribution in [0.2, 0.25) is 0 Å². The molecule has 0 radical (unpaired) electrons. The zero-order chi connectivity index (χ0) is 26.9. The van der Waals surface area contributed by atoms with Crippen molar-refractivity contribution in [2.24, 2.45) is 0 Å². The second-order valence-corrected chi connectivity index (χ2v) is 10.8. The number of halogens is 1. The van der Waals surface area contributed by atoms with Gasteiger partial charge in [0.25, 0.3) is 11.5 Å². The van der Waals surface area contributed by atoms with E-state index in [1.807, 2.05) is 41.3 Å². The summed E-state index contributed by atoms with van der Waals surface area (Å²) in [6, 6.07) is 13.2. The van der Waals surface area contributed by atoms with Gasteiger partial charge in [0.15, 0.2) is 0 Å². The fourth-order valence-electron chi connectivity index (χ4n) is 5.27. The van der Waals surface area contributed by atoms with Gasteiger partial charge in [-0.1, -0.05) is 12.1 Å². The Balaban J connectivity index is 1.20. The zero-order valence-corrected chi connectivity index (χ0v) is 22.8. The number of rotatable bonds is 8. The van der Waals surface area contributed by atoms with Crippen LogP contribution in [0.3, 0.4) is 0 Å². The molecule has 0 bridgehead atoms. The number of aromatic nitrogens is 3. The third kappa shape index (κ3) is 5.17. The highest BCUT2D eigenvalue weighted by Crippen LogP contribution is 2.32. The topological polar surface area (TPSA) is 135 Å². The van der Waals surface area contributed by atoms with Crippen molar-refractivity contribution in [2.45, 2.75) is 31.5 Å². The molecule has 4 aromatic rings. The summed E-state index contributed by atoms with van der Waals surface area (Å²) in [6.07, 6.45) is 2.63. The molecular weight excluding hydrogens is 564 g/mol. The number of aromatic amines is 2. The molecule has 4 heterocycles. The summed E-state index contributed by atoms with van der Waals surface area (Å²) >= 11 is 3.43. The first-order valence-corrected chi connectivity index (χ1v) is 13.8. The summed E-state index contributed by atoms with van der Waals surface area (Å²) in [5.74, 6) is 1.07. The number of ether oxygens (including phenoxy) is 1. The van der Waals surface area contributed by atoms with Crippen LogP contribution < -0.4 is 20.9 Å². The summed E-state index contributed by atoms with van der Waals surface area (Å²) in [4.78, 5) is 38.7. The predicted molar refractivity (Wildman–Crippen MR) is 152 cm³/mol. The van der Waals surface area contributed by atoms with E-state index < -0.39 is 6.10 Å². The number of amides is 1. The van der Waals surface area contributed by atoms with Gasteiger partial charge in [0.05, 0.1) is 21.2 Å². The molecule has 0 unspecified atom stereocenters. The Morgan fingerprint density at radius 1 is 1.18 bits per heavy atom. The van der Waals surface area contributed by atoms with Gasteiger partial charge in [-0.3, -0.25) is 9.59 Å². The average Bonchev–Trinajstić information content (AvgIpc) is 3.50. The second kappa shape index (κ2) is 10.8. The number of hydrogen-bond acceptors (Lipinski definition) is 7. The first kappa shape index (κ1) is 25.6. The molecule has 202 valence electrons. The lowest BCUT2D eigenvalue weighted by Crippen LogP contribution is -2.43. The molecular formula is C28H29BrN6O4. The van der Waals surface area contributed by atoms with Crippen molar-refractivity contribution in [1.29, 1.82) is 0 Å². The van der Waals surface area contributed by atoms with Gasteiger partial charge in [-0.25, -0.2) is 4.98 Å². The van der Waals surface area contributed by atoms with Crippen molar-refractivity contribution >= 4 is 38.6 Å². The zero-order valence-electron chi connectivity index (χ0n) is 21.2. The monoisotopic (exact) mass is 592 g/mol. The van der Waals surface area contributed by atoms with Crippen LogP contribution in [0.1, 0.15) is 28.8 Å². The van der Waals surface area contributed by atoms with Gasteiger partial charge >= 0.3 is 0 Å². The molecule has 0 saturated carbocycles. The molecule has 11 heteroatoms. The highest BCUT2D eigenvalue weighted by atomic mass is 79.9. The largest absolute Gasteiger partial charge is 0.490 e. The van der Waals surface area contributed by atoms with E-state index in [-0.39, 0.29) is 30.7 Å². The minimum absolute atomic E-state index is 0.0435. The molecule has 1 saturated heterocycles. The molecule has 1 atom stereocenters. The van der Waals surface area contributed by atoms with E-state index in [9.17, 15) is 14.7 Å². The Kier molecular flexibility index (Phi) is 7.11. The first-order chi connectivity index (χ1) is 19.0. The first-order valence-electron chi connectivity index (χ1n) is 13.0. The second-order valence-electron chi connectivity index (χ2n) is 9.90. The van der Waals surface area contributed by atoms with E-state index in [4.69, 9.17) is 4.74 Å². The molecule has 39 heavy (non-hydrogen) atoms. The lowest BCUT2D eigenvalue weighted by molar-refractivity contribution is 0.0668. The summed E-state index contributed by atoms with van der Waals surface area (Å²) in [5.41, 5.74) is 3.56. The van der Waals surface area contributed by atoms with Crippen LogP contribution in [0.15, 0.2) is 57.9 Å². The van der Waals surface area contributed by atoms with Gasteiger partial charge in [0.2, 0.25) is 0 Å². The van der Waals surface area contributed by atoms with Crippen molar-refractivity contribution in [3.63, 3.8) is 0 Å². The van der Waals surface area contributed by atoms with Crippen molar-refractivity contribution in [1.82, 2.24) is 25.2 Å². The minimum atomic E-state index is -0.822. The third-order valence-electron chi connectivity index (χ3n) is 7.28. The van der Waals surface area contributed by atoms with E-state index in [1.54, 1.807) is 12.3 Å². The van der Waals surface area contributed by atoms with Gasteiger partial charge in [-0.05, 0) is 77.8 Å². The Labute approximate surface area is 232 Å². The summed E-state index contributed by atoms with van der Waals surface area (Å²) < 4.78 is 6.51.